The molecule has 0 aliphatic rings. The van der Waals surface area contributed by atoms with Crippen LogP contribution in [0.1, 0.15) is 68.2 Å². The number of amides is 2. The van der Waals surface area contributed by atoms with E-state index in [1.54, 1.807) is 19.9 Å². The number of carbonyl (C=O) groups excluding carboxylic acids is 2. The molecule has 1 atom stereocenters. The molecule has 6 heteroatoms. The number of hydrogen-bond donors (Lipinski definition) is 3. The first-order valence-corrected chi connectivity index (χ1v) is 8.12. The third kappa shape index (κ3) is 4.57. The van der Waals surface area contributed by atoms with E-state index in [2.05, 4.69) is 10.6 Å². The van der Waals surface area contributed by atoms with E-state index in [9.17, 15) is 19.5 Å². The molecule has 3 N–H and O–H groups in total. The van der Waals surface area contributed by atoms with Crippen molar-refractivity contribution < 1.29 is 19.5 Å². The van der Waals surface area contributed by atoms with Gasteiger partial charge >= 0.3 is 5.97 Å². The van der Waals surface area contributed by atoms with Gasteiger partial charge in [0.05, 0.1) is 16.8 Å². The van der Waals surface area contributed by atoms with Crippen molar-refractivity contribution in [2.24, 2.45) is 5.41 Å². The van der Waals surface area contributed by atoms with Gasteiger partial charge < -0.3 is 15.7 Å². The van der Waals surface area contributed by atoms with Crippen LogP contribution in [0.15, 0.2) is 18.2 Å². The van der Waals surface area contributed by atoms with Gasteiger partial charge in [-0.05, 0) is 31.9 Å². The van der Waals surface area contributed by atoms with Gasteiger partial charge in [-0.15, -0.1) is 0 Å². The number of carbonyl (C=O) groups is 3. The van der Waals surface area contributed by atoms with Crippen molar-refractivity contribution in [2.75, 3.05) is 5.32 Å². The van der Waals surface area contributed by atoms with Crippen LogP contribution >= 0.6 is 0 Å². The molecule has 1 rings (SSSR count). The molecule has 24 heavy (non-hydrogen) atoms. The van der Waals surface area contributed by atoms with Crippen molar-refractivity contribution in [2.45, 2.75) is 53.5 Å². The number of carboxylic acids is 1. The number of benzene rings is 1. The number of nitrogens with one attached hydrogen (secondary N) is 2. The Morgan fingerprint density at radius 2 is 1.83 bits per heavy atom. The van der Waals surface area contributed by atoms with E-state index >= 15 is 0 Å². The molecule has 0 saturated heterocycles. The summed E-state index contributed by atoms with van der Waals surface area (Å²) in [5, 5.41) is 14.9. The maximum atomic E-state index is 12.3. The molecule has 6 nitrogen and oxygen atoms in total. The lowest BCUT2D eigenvalue weighted by molar-refractivity contribution is -0.124. The van der Waals surface area contributed by atoms with Crippen LogP contribution in [-0.4, -0.2) is 28.9 Å². The largest absolute Gasteiger partial charge is 0.478 e. The average molecular weight is 334 g/mol. The Labute approximate surface area is 142 Å². The van der Waals surface area contributed by atoms with Crippen LogP contribution in [0, 0.1) is 5.41 Å². The Hall–Kier alpha value is -2.37. The summed E-state index contributed by atoms with van der Waals surface area (Å²) in [5.74, 6) is -2.01. The van der Waals surface area contributed by atoms with Crippen LogP contribution in [-0.2, 0) is 4.79 Å². The average Bonchev–Trinajstić information content (AvgIpc) is 2.53. The van der Waals surface area contributed by atoms with Gasteiger partial charge in [0.15, 0.2) is 0 Å². The molecule has 1 aromatic rings. The molecule has 1 unspecified atom stereocenters. The summed E-state index contributed by atoms with van der Waals surface area (Å²) in [6.45, 7) is 9.21. The molecule has 2 amide bonds. The van der Waals surface area contributed by atoms with Crippen LogP contribution < -0.4 is 10.6 Å². The maximum Gasteiger partial charge on any atom is 0.338 e. The highest BCUT2D eigenvalue weighted by atomic mass is 16.4. The highest BCUT2D eigenvalue weighted by Crippen LogP contribution is 2.26. The lowest BCUT2D eigenvalue weighted by Gasteiger charge is -2.22. The first kappa shape index (κ1) is 19.7. The predicted octanol–water partition coefficient (Wildman–Crippen LogP) is 3.29. The predicted molar refractivity (Wildman–Crippen MR) is 93.3 cm³/mol. The number of rotatable bonds is 7. The Balaban J connectivity index is 3.24. The second kappa shape index (κ2) is 7.95. The molecule has 0 radical (unpaired) electrons. The van der Waals surface area contributed by atoms with Gasteiger partial charge in [-0.2, -0.15) is 0 Å². The van der Waals surface area contributed by atoms with E-state index in [1.165, 1.54) is 12.1 Å². The molecule has 0 bridgehead atoms. The number of carboxylic acid groups (broad SMARTS) is 1. The standard InChI is InChI=1S/C18H26N2O4/c1-6-11(3)19-15(21)12-9-8-10-13(14(12)16(22)23)20-17(24)18(4,5)7-2/h8-11H,6-7H2,1-5H3,(H,19,21)(H,20,24)(H,22,23). The first-order chi connectivity index (χ1) is 11.1. The van der Waals surface area contributed by atoms with Crippen LogP contribution in [0.4, 0.5) is 5.69 Å². The third-order valence-corrected chi connectivity index (χ3v) is 4.26. The fourth-order valence-electron chi connectivity index (χ4n) is 1.93. The number of aromatic carboxylic acids is 1. The summed E-state index contributed by atoms with van der Waals surface area (Å²) in [7, 11) is 0. The quantitative estimate of drug-likeness (QED) is 0.713. The lowest BCUT2D eigenvalue weighted by Crippen LogP contribution is -2.34. The van der Waals surface area contributed by atoms with Crippen LogP contribution in [0.25, 0.3) is 0 Å². The van der Waals surface area contributed by atoms with E-state index in [1.807, 2.05) is 20.8 Å². The molecule has 0 fully saturated rings. The van der Waals surface area contributed by atoms with E-state index < -0.39 is 17.3 Å². The Morgan fingerprint density at radius 3 is 2.33 bits per heavy atom. The summed E-state index contributed by atoms with van der Waals surface area (Å²) < 4.78 is 0. The fraction of sp³-hybridized carbons (Fsp3) is 0.500. The maximum absolute atomic E-state index is 12.3. The SMILES string of the molecule is CCC(C)NC(=O)c1cccc(NC(=O)C(C)(C)CC)c1C(=O)O. The van der Waals surface area contributed by atoms with Gasteiger partial charge in [-0.3, -0.25) is 9.59 Å². The van der Waals surface area contributed by atoms with Crippen LogP contribution in [0.3, 0.4) is 0 Å². The highest BCUT2D eigenvalue weighted by Gasteiger charge is 2.28. The van der Waals surface area contributed by atoms with Gasteiger partial charge in [0.25, 0.3) is 5.91 Å². The smallest absolute Gasteiger partial charge is 0.338 e. The molecular weight excluding hydrogens is 308 g/mol. The minimum absolute atomic E-state index is 0.0369. The van der Waals surface area contributed by atoms with Crippen molar-refractivity contribution in [1.82, 2.24) is 5.32 Å². The third-order valence-electron chi connectivity index (χ3n) is 4.26. The van der Waals surface area contributed by atoms with E-state index in [0.717, 1.165) is 6.42 Å². The molecule has 0 aliphatic heterocycles. The summed E-state index contributed by atoms with van der Waals surface area (Å²) >= 11 is 0. The van der Waals surface area contributed by atoms with Gasteiger partial charge in [-0.25, -0.2) is 4.79 Å². The zero-order valence-electron chi connectivity index (χ0n) is 14.9. The fourth-order valence-corrected chi connectivity index (χ4v) is 1.93. The van der Waals surface area contributed by atoms with Gasteiger partial charge in [0.1, 0.15) is 0 Å². The minimum atomic E-state index is -1.26. The molecule has 0 saturated carbocycles. The van der Waals surface area contributed by atoms with Crippen molar-refractivity contribution >= 4 is 23.5 Å². The van der Waals surface area contributed by atoms with E-state index in [0.29, 0.717) is 6.42 Å². The topological polar surface area (TPSA) is 95.5 Å². The Morgan fingerprint density at radius 1 is 1.21 bits per heavy atom. The zero-order chi connectivity index (χ0) is 18.5. The van der Waals surface area contributed by atoms with Crippen molar-refractivity contribution in [3.63, 3.8) is 0 Å². The second-order valence-corrected chi connectivity index (χ2v) is 6.51. The van der Waals surface area contributed by atoms with Crippen LogP contribution in [0.2, 0.25) is 0 Å². The molecule has 0 spiro atoms. The molecule has 132 valence electrons. The monoisotopic (exact) mass is 334 g/mol. The van der Waals surface area contributed by atoms with Crippen molar-refractivity contribution in [3.8, 4) is 0 Å². The van der Waals surface area contributed by atoms with Crippen molar-refractivity contribution in [1.29, 1.82) is 0 Å². The highest BCUT2D eigenvalue weighted by molar-refractivity contribution is 6.10. The van der Waals surface area contributed by atoms with Crippen LogP contribution in [0.5, 0.6) is 0 Å². The molecular formula is C18H26N2O4. The Bertz CT molecular complexity index is 638. The van der Waals surface area contributed by atoms with Gasteiger partial charge in [-0.1, -0.05) is 33.8 Å². The molecule has 0 heterocycles. The molecule has 0 aliphatic carbocycles. The van der Waals surface area contributed by atoms with Crippen molar-refractivity contribution in [3.05, 3.63) is 29.3 Å². The second-order valence-electron chi connectivity index (χ2n) is 6.51. The normalized spacial score (nSPS) is 12.4. The zero-order valence-corrected chi connectivity index (χ0v) is 14.9. The number of anilines is 1. The summed E-state index contributed by atoms with van der Waals surface area (Å²) in [5.41, 5.74) is -0.663. The van der Waals surface area contributed by atoms with Gasteiger partial charge in [0.2, 0.25) is 5.91 Å². The van der Waals surface area contributed by atoms with E-state index in [4.69, 9.17) is 0 Å². The number of hydrogen-bond acceptors (Lipinski definition) is 3. The molecule has 0 aromatic heterocycles. The van der Waals surface area contributed by atoms with E-state index in [-0.39, 0.29) is 28.8 Å². The molecule has 1 aromatic carbocycles. The summed E-state index contributed by atoms with van der Waals surface area (Å²) in [4.78, 5) is 36.4. The Kier molecular flexibility index (Phi) is 6.51. The lowest BCUT2D eigenvalue weighted by atomic mass is 9.89. The van der Waals surface area contributed by atoms with Gasteiger partial charge in [0, 0.05) is 11.5 Å². The first-order valence-electron chi connectivity index (χ1n) is 8.12. The minimum Gasteiger partial charge on any atom is -0.478 e. The summed E-state index contributed by atoms with van der Waals surface area (Å²) in [6.07, 6.45) is 1.34. The summed E-state index contributed by atoms with van der Waals surface area (Å²) in [6, 6.07) is 4.43.